The van der Waals surface area contributed by atoms with E-state index in [2.05, 4.69) is 0 Å². The minimum atomic E-state index is -3.62. The molecule has 0 aromatic heterocycles. The number of hydrogen-bond acceptors (Lipinski definition) is 5. The summed E-state index contributed by atoms with van der Waals surface area (Å²) in [5.41, 5.74) is 1.40. The van der Waals surface area contributed by atoms with Gasteiger partial charge in [0.2, 0.25) is 10.0 Å². The van der Waals surface area contributed by atoms with Crippen LogP contribution in [0.5, 0.6) is 0 Å². The van der Waals surface area contributed by atoms with Crippen molar-refractivity contribution in [2.24, 2.45) is 0 Å². The molecule has 0 aliphatic carbocycles. The van der Waals surface area contributed by atoms with E-state index in [4.69, 9.17) is 4.74 Å². The lowest BCUT2D eigenvalue weighted by Crippen LogP contribution is -2.48. The van der Waals surface area contributed by atoms with Gasteiger partial charge in [-0.2, -0.15) is 4.31 Å². The predicted octanol–water partition coefficient (Wildman–Crippen LogP) is 3.63. The highest BCUT2D eigenvalue weighted by atomic mass is 32.2. The molecule has 1 saturated heterocycles. The smallest absolute Gasteiger partial charge is 0.258 e. The van der Waals surface area contributed by atoms with Crippen LogP contribution in [0.25, 0.3) is 0 Å². The van der Waals surface area contributed by atoms with Gasteiger partial charge in [-0.3, -0.25) is 4.79 Å². The predicted molar refractivity (Wildman–Crippen MR) is 119 cm³/mol. The Labute approximate surface area is 182 Å². The van der Waals surface area contributed by atoms with Gasteiger partial charge in [0.05, 0.1) is 22.8 Å². The molecule has 2 aromatic carbocycles. The van der Waals surface area contributed by atoms with Gasteiger partial charge in [0.25, 0.3) is 5.91 Å². The normalized spacial score (nSPS) is 22.9. The quantitative estimate of drug-likeness (QED) is 0.720. The van der Waals surface area contributed by atoms with Gasteiger partial charge in [-0.15, -0.1) is 11.8 Å². The highest BCUT2D eigenvalue weighted by molar-refractivity contribution is 7.99. The number of fused-ring (bicyclic) bond motifs is 1. The third-order valence-electron chi connectivity index (χ3n) is 5.31. The first kappa shape index (κ1) is 21.4. The Morgan fingerprint density at radius 2 is 1.70 bits per heavy atom. The number of sulfonamides is 1. The molecule has 1 fully saturated rings. The molecule has 0 radical (unpaired) electrons. The Bertz CT molecular complexity index is 1010. The van der Waals surface area contributed by atoms with Crippen molar-refractivity contribution in [2.75, 3.05) is 30.3 Å². The van der Waals surface area contributed by atoms with Crippen LogP contribution in [0.3, 0.4) is 0 Å². The minimum absolute atomic E-state index is 0.109. The molecular formula is C22H26N2O4S2. The molecule has 0 bridgehead atoms. The molecule has 0 unspecified atom stereocenters. The molecule has 2 aromatic rings. The zero-order valence-corrected chi connectivity index (χ0v) is 18.8. The lowest BCUT2D eigenvalue weighted by molar-refractivity contribution is -0.0440. The summed E-state index contributed by atoms with van der Waals surface area (Å²) in [7, 11) is -3.62. The van der Waals surface area contributed by atoms with Gasteiger partial charge in [-0.25, -0.2) is 8.42 Å². The van der Waals surface area contributed by atoms with E-state index in [1.165, 1.54) is 16.4 Å². The number of rotatable bonds is 3. The Balaban J connectivity index is 1.57. The van der Waals surface area contributed by atoms with E-state index in [9.17, 15) is 13.2 Å². The van der Waals surface area contributed by atoms with Crippen molar-refractivity contribution < 1.29 is 17.9 Å². The Kier molecular flexibility index (Phi) is 6.20. The number of amides is 1. The number of nitrogens with zero attached hydrogens (tertiary/aromatic N) is 2. The molecule has 2 atom stereocenters. The number of anilines is 1. The lowest BCUT2D eigenvalue weighted by atomic mass is 10.1. The van der Waals surface area contributed by atoms with Gasteiger partial charge in [-0.05, 0) is 62.4 Å². The van der Waals surface area contributed by atoms with Gasteiger partial charge in [-0.1, -0.05) is 12.1 Å². The standard InChI is InChI=1S/C22H26N2O4S2/c1-16-14-23(15-17(2)28-16)30(26,27)19-10-8-18(9-11-19)22(25)24-12-5-13-29-21-7-4-3-6-20(21)24/h3-4,6-11,16-17H,5,12-15H2,1-2H3/t16-,17-/m0/s1. The highest BCUT2D eigenvalue weighted by Gasteiger charge is 2.32. The fraction of sp³-hybridized carbons (Fsp3) is 0.409. The molecule has 160 valence electrons. The Morgan fingerprint density at radius 3 is 2.40 bits per heavy atom. The number of morpholine rings is 1. The number of ether oxygens (including phenoxy) is 1. The van der Waals surface area contributed by atoms with Crippen LogP contribution >= 0.6 is 11.8 Å². The van der Waals surface area contributed by atoms with E-state index in [0.29, 0.717) is 25.2 Å². The maximum absolute atomic E-state index is 13.2. The third-order valence-corrected chi connectivity index (χ3v) is 8.30. The number of carbonyl (C=O) groups excluding carboxylic acids is 1. The molecule has 30 heavy (non-hydrogen) atoms. The summed E-state index contributed by atoms with van der Waals surface area (Å²) in [5.74, 6) is 0.858. The number of hydrogen-bond donors (Lipinski definition) is 0. The minimum Gasteiger partial charge on any atom is -0.373 e. The number of benzene rings is 2. The molecule has 8 heteroatoms. The van der Waals surface area contributed by atoms with Crippen molar-refractivity contribution in [3.05, 3.63) is 54.1 Å². The monoisotopic (exact) mass is 446 g/mol. The fourth-order valence-corrected chi connectivity index (χ4v) is 6.52. The Morgan fingerprint density at radius 1 is 1.03 bits per heavy atom. The SMILES string of the molecule is C[C@H]1CN(S(=O)(=O)c2ccc(C(=O)N3CCCSc4ccccc43)cc2)C[C@H](C)O1. The average Bonchev–Trinajstić information content (AvgIpc) is 2.95. The van der Waals surface area contributed by atoms with E-state index in [1.807, 2.05) is 38.1 Å². The van der Waals surface area contributed by atoms with Crippen molar-refractivity contribution in [1.82, 2.24) is 4.31 Å². The van der Waals surface area contributed by atoms with Crippen LogP contribution < -0.4 is 4.90 Å². The van der Waals surface area contributed by atoms with E-state index in [-0.39, 0.29) is 23.0 Å². The first-order valence-corrected chi connectivity index (χ1v) is 12.6. The number of thioether (sulfide) groups is 1. The number of para-hydroxylation sites is 1. The second-order valence-electron chi connectivity index (χ2n) is 7.73. The molecule has 0 N–H and O–H groups in total. The van der Waals surface area contributed by atoms with Crippen molar-refractivity contribution in [1.29, 1.82) is 0 Å². The molecule has 6 nitrogen and oxygen atoms in total. The van der Waals surface area contributed by atoms with Crippen LogP contribution in [0.15, 0.2) is 58.3 Å². The van der Waals surface area contributed by atoms with Crippen molar-refractivity contribution in [3.8, 4) is 0 Å². The molecule has 4 rings (SSSR count). The maximum Gasteiger partial charge on any atom is 0.258 e. The van der Waals surface area contributed by atoms with Gasteiger partial charge >= 0.3 is 0 Å². The lowest BCUT2D eigenvalue weighted by Gasteiger charge is -2.34. The molecule has 0 saturated carbocycles. The summed E-state index contributed by atoms with van der Waals surface area (Å²) < 4.78 is 33.2. The van der Waals surface area contributed by atoms with Crippen LogP contribution in [0, 0.1) is 0 Å². The molecule has 0 spiro atoms. The topological polar surface area (TPSA) is 66.9 Å². The van der Waals surface area contributed by atoms with Crippen LogP contribution in [-0.2, 0) is 14.8 Å². The van der Waals surface area contributed by atoms with Gasteiger partial charge in [0.15, 0.2) is 0 Å². The average molecular weight is 447 g/mol. The second-order valence-corrected chi connectivity index (χ2v) is 10.8. The van der Waals surface area contributed by atoms with Crippen molar-refractivity contribution in [2.45, 2.75) is 42.3 Å². The summed E-state index contributed by atoms with van der Waals surface area (Å²) in [6.07, 6.45) is 0.612. The van der Waals surface area contributed by atoms with Crippen molar-refractivity contribution >= 4 is 33.4 Å². The van der Waals surface area contributed by atoms with Gasteiger partial charge in [0, 0.05) is 30.1 Å². The number of carbonyl (C=O) groups is 1. The molecule has 2 aliphatic rings. The zero-order chi connectivity index (χ0) is 21.3. The van der Waals surface area contributed by atoms with E-state index in [0.717, 1.165) is 22.8 Å². The summed E-state index contributed by atoms with van der Waals surface area (Å²) in [6, 6.07) is 14.2. The van der Waals surface area contributed by atoms with Crippen molar-refractivity contribution in [3.63, 3.8) is 0 Å². The molecule has 2 aliphatic heterocycles. The van der Waals surface area contributed by atoms with E-state index in [1.54, 1.807) is 28.8 Å². The summed E-state index contributed by atoms with van der Waals surface area (Å²) in [6.45, 7) is 5.05. The molecule has 1 amide bonds. The molecular weight excluding hydrogens is 420 g/mol. The summed E-state index contributed by atoms with van der Waals surface area (Å²) in [4.78, 5) is 16.3. The van der Waals surface area contributed by atoms with Gasteiger partial charge in [0.1, 0.15) is 0 Å². The van der Waals surface area contributed by atoms with Gasteiger partial charge < -0.3 is 9.64 Å². The maximum atomic E-state index is 13.2. The second kappa shape index (κ2) is 8.70. The van der Waals surface area contributed by atoms with Crippen LogP contribution in [0.4, 0.5) is 5.69 Å². The zero-order valence-electron chi connectivity index (χ0n) is 17.2. The van der Waals surface area contributed by atoms with Crippen LogP contribution in [-0.4, -0.2) is 56.2 Å². The summed E-state index contributed by atoms with van der Waals surface area (Å²) in [5, 5.41) is 0. The largest absolute Gasteiger partial charge is 0.373 e. The van der Waals surface area contributed by atoms with Crippen LogP contribution in [0.2, 0.25) is 0 Å². The first-order chi connectivity index (χ1) is 14.4. The van der Waals surface area contributed by atoms with E-state index < -0.39 is 10.0 Å². The Hall–Kier alpha value is -1.87. The summed E-state index contributed by atoms with van der Waals surface area (Å²) >= 11 is 1.76. The van der Waals surface area contributed by atoms with Crippen LogP contribution in [0.1, 0.15) is 30.6 Å². The fourth-order valence-electron chi connectivity index (χ4n) is 3.94. The molecule has 2 heterocycles. The third kappa shape index (κ3) is 4.27. The van der Waals surface area contributed by atoms with E-state index >= 15 is 0 Å². The first-order valence-electron chi connectivity index (χ1n) is 10.2. The highest BCUT2D eigenvalue weighted by Crippen LogP contribution is 2.34.